The lowest BCUT2D eigenvalue weighted by Crippen LogP contribution is -2.54. The van der Waals surface area contributed by atoms with E-state index in [0.29, 0.717) is 26.2 Å². The smallest absolute Gasteiger partial charge is 0.281 e. The molecule has 2 heterocycles. The fraction of sp³-hybridized carbons (Fsp3) is 0.556. The summed E-state index contributed by atoms with van der Waals surface area (Å²) in [6, 6.07) is 9.72. The van der Waals surface area contributed by atoms with Crippen molar-refractivity contribution in [2.75, 3.05) is 46.8 Å². The third kappa shape index (κ3) is 4.31. The van der Waals surface area contributed by atoms with Crippen LogP contribution < -0.4 is 0 Å². The van der Waals surface area contributed by atoms with E-state index in [2.05, 4.69) is 0 Å². The maximum atomic E-state index is 12.8. The third-order valence-electron chi connectivity index (χ3n) is 5.12. The van der Waals surface area contributed by atoms with Gasteiger partial charge in [-0.2, -0.15) is 17.0 Å². The first-order valence-corrected chi connectivity index (χ1v) is 10.5. The summed E-state index contributed by atoms with van der Waals surface area (Å²) in [5, 5.41) is 0. The highest BCUT2D eigenvalue weighted by molar-refractivity contribution is 7.86. The molecule has 0 saturated carbocycles. The van der Waals surface area contributed by atoms with E-state index in [1.165, 1.54) is 22.7 Å². The number of hydrogen-bond acceptors (Lipinski definition) is 4. The predicted molar refractivity (Wildman–Crippen MR) is 101 cm³/mol. The molecule has 1 aromatic rings. The number of amides is 2. The van der Waals surface area contributed by atoms with Crippen LogP contribution in [0.15, 0.2) is 30.3 Å². The Morgan fingerprint density at radius 2 is 1.74 bits per heavy atom. The Hall–Kier alpha value is -1.97. The molecule has 1 aromatic carbocycles. The van der Waals surface area contributed by atoms with Gasteiger partial charge >= 0.3 is 0 Å². The Morgan fingerprint density at radius 1 is 1.11 bits per heavy atom. The van der Waals surface area contributed by atoms with Crippen LogP contribution in [0.25, 0.3) is 0 Å². The zero-order valence-corrected chi connectivity index (χ0v) is 16.6. The van der Waals surface area contributed by atoms with Crippen molar-refractivity contribution in [1.82, 2.24) is 18.4 Å². The molecular formula is C18H26N4O4S. The molecule has 0 spiro atoms. The minimum absolute atomic E-state index is 0.00831. The second-order valence-electron chi connectivity index (χ2n) is 7.18. The summed E-state index contributed by atoms with van der Waals surface area (Å²) < 4.78 is 26.9. The number of nitrogens with zero attached hydrogens (tertiary/aromatic N) is 4. The van der Waals surface area contributed by atoms with Crippen molar-refractivity contribution < 1.29 is 18.0 Å². The molecule has 0 aromatic heterocycles. The van der Waals surface area contributed by atoms with Crippen molar-refractivity contribution in [3.8, 4) is 0 Å². The van der Waals surface area contributed by atoms with Crippen LogP contribution in [-0.2, 0) is 26.3 Å². The van der Waals surface area contributed by atoms with Crippen molar-refractivity contribution in [2.45, 2.75) is 13.0 Å². The van der Waals surface area contributed by atoms with Crippen molar-refractivity contribution >= 4 is 22.0 Å². The molecule has 3 rings (SSSR count). The molecule has 2 aliphatic rings. The van der Waals surface area contributed by atoms with Gasteiger partial charge in [0.05, 0.1) is 5.92 Å². The molecule has 0 radical (unpaired) electrons. The average Bonchev–Trinajstić information content (AvgIpc) is 3.02. The normalized spacial score (nSPS) is 21.9. The molecule has 2 fully saturated rings. The lowest BCUT2D eigenvalue weighted by Gasteiger charge is -2.36. The van der Waals surface area contributed by atoms with Crippen molar-refractivity contribution in [3.63, 3.8) is 0 Å². The number of hydrogen-bond donors (Lipinski definition) is 0. The van der Waals surface area contributed by atoms with Crippen molar-refractivity contribution in [3.05, 3.63) is 35.9 Å². The second-order valence-corrected chi connectivity index (χ2v) is 9.32. The average molecular weight is 394 g/mol. The zero-order valence-electron chi connectivity index (χ0n) is 15.7. The van der Waals surface area contributed by atoms with Gasteiger partial charge in [-0.25, -0.2) is 0 Å². The topological polar surface area (TPSA) is 81.2 Å². The van der Waals surface area contributed by atoms with Crippen LogP contribution in [0.3, 0.4) is 0 Å². The summed E-state index contributed by atoms with van der Waals surface area (Å²) >= 11 is 0. The first-order chi connectivity index (χ1) is 12.8. The molecule has 1 atom stereocenters. The predicted octanol–water partition coefficient (Wildman–Crippen LogP) is -0.0143. The van der Waals surface area contributed by atoms with Crippen molar-refractivity contribution in [2.24, 2.45) is 5.92 Å². The highest BCUT2D eigenvalue weighted by Gasteiger charge is 2.38. The number of carbonyl (C=O) groups is 2. The number of piperazine rings is 1. The number of rotatable bonds is 5. The van der Waals surface area contributed by atoms with E-state index in [1.54, 1.807) is 9.80 Å². The molecule has 2 aliphatic heterocycles. The van der Waals surface area contributed by atoms with Gasteiger partial charge in [0.15, 0.2) is 0 Å². The number of benzene rings is 1. The monoisotopic (exact) mass is 394 g/mol. The van der Waals surface area contributed by atoms with Crippen LogP contribution in [0.2, 0.25) is 0 Å². The number of carbonyl (C=O) groups excluding carboxylic acids is 2. The van der Waals surface area contributed by atoms with Crippen LogP contribution in [-0.4, -0.2) is 85.5 Å². The van der Waals surface area contributed by atoms with E-state index in [-0.39, 0.29) is 37.2 Å². The number of likely N-dealkylation sites (tertiary alicyclic amines) is 1. The lowest BCUT2D eigenvalue weighted by atomic mass is 10.1. The molecule has 0 N–H and O–H groups in total. The van der Waals surface area contributed by atoms with E-state index < -0.39 is 10.2 Å². The summed E-state index contributed by atoms with van der Waals surface area (Å²) in [6.45, 7) is 2.20. The fourth-order valence-corrected chi connectivity index (χ4v) is 4.61. The van der Waals surface area contributed by atoms with Gasteiger partial charge in [-0.1, -0.05) is 30.3 Å². The van der Waals surface area contributed by atoms with Gasteiger partial charge in [0.2, 0.25) is 11.8 Å². The minimum Gasteiger partial charge on any atom is -0.340 e. The van der Waals surface area contributed by atoms with Gasteiger partial charge in [0.25, 0.3) is 10.2 Å². The Morgan fingerprint density at radius 3 is 2.33 bits per heavy atom. The molecule has 2 amide bonds. The lowest BCUT2D eigenvalue weighted by molar-refractivity contribution is -0.137. The molecule has 8 nitrogen and oxygen atoms in total. The first-order valence-electron chi connectivity index (χ1n) is 9.07. The van der Waals surface area contributed by atoms with Gasteiger partial charge in [0, 0.05) is 59.8 Å². The fourth-order valence-electron chi connectivity index (χ4n) is 3.52. The quantitative estimate of drug-likeness (QED) is 0.703. The van der Waals surface area contributed by atoms with E-state index in [1.807, 2.05) is 30.3 Å². The second kappa shape index (κ2) is 7.95. The Labute approximate surface area is 160 Å². The highest BCUT2D eigenvalue weighted by atomic mass is 32.2. The summed E-state index contributed by atoms with van der Waals surface area (Å²) in [5.41, 5.74) is 1.04. The first kappa shape index (κ1) is 19.8. The van der Waals surface area contributed by atoms with Crippen LogP contribution >= 0.6 is 0 Å². The van der Waals surface area contributed by atoms with Crippen LogP contribution in [0.1, 0.15) is 12.0 Å². The maximum absolute atomic E-state index is 12.8. The molecule has 148 valence electrons. The SMILES string of the molecule is CN(C)S(=O)(=O)N1CCN(C(=O)C2CC(=O)N(Cc3ccccc3)C2)CC1. The van der Waals surface area contributed by atoms with Gasteiger partial charge < -0.3 is 9.80 Å². The van der Waals surface area contributed by atoms with Gasteiger partial charge in [-0.3, -0.25) is 9.59 Å². The van der Waals surface area contributed by atoms with Crippen LogP contribution in [0, 0.1) is 5.92 Å². The summed E-state index contributed by atoms with van der Waals surface area (Å²) in [7, 11) is -0.457. The molecule has 9 heteroatoms. The van der Waals surface area contributed by atoms with Crippen LogP contribution in [0.5, 0.6) is 0 Å². The Balaban J connectivity index is 1.56. The highest BCUT2D eigenvalue weighted by Crippen LogP contribution is 2.23. The van der Waals surface area contributed by atoms with E-state index in [9.17, 15) is 18.0 Å². The van der Waals surface area contributed by atoms with Crippen LogP contribution in [0.4, 0.5) is 0 Å². The summed E-state index contributed by atoms with van der Waals surface area (Å²) in [5.74, 6) is -0.412. The summed E-state index contributed by atoms with van der Waals surface area (Å²) in [6.07, 6.45) is 0.224. The largest absolute Gasteiger partial charge is 0.340 e. The Bertz CT molecular complexity index is 789. The third-order valence-corrected chi connectivity index (χ3v) is 7.06. The van der Waals surface area contributed by atoms with Gasteiger partial charge in [-0.05, 0) is 5.56 Å². The van der Waals surface area contributed by atoms with E-state index in [4.69, 9.17) is 0 Å². The zero-order chi connectivity index (χ0) is 19.6. The maximum Gasteiger partial charge on any atom is 0.281 e. The van der Waals surface area contributed by atoms with Crippen molar-refractivity contribution in [1.29, 1.82) is 0 Å². The van der Waals surface area contributed by atoms with Gasteiger partial charge in [-0.15, -0.1) is 0 Å². The molecular weight excluding hydrogens is 368 g/mol. The standard InChI is InChI=1S/C18H26N4O4S/c1-19(2)27(25,26)22-10-8-20(9-11-22)18(24)16-12-17(23)21(14-16)13-15-6-4-3-5-7-15/h3-7,16H,8-14H2,1-2H3. The molecule has 27 heavy (non-hydrogen) atoms. The minimum atomic E-state index is -3.45. The molecule has 1 unspecified atom stereocenters. The van der Waals surface area contributed by atoms with Gasteiger partial charge in [0.1, 0.15) is 0 Å². The summed E-state index contributed by atoms with van der Waals surface area (Å²) in [4.78, 5) is 28.5. The molecule has 0 aliphatic carbocycles. The molecule has 0 bridgehead atoms. The van der Waals surface area contributed by atoms with E-state index >= 15 is 0 Å². The Kier molecular flexibility index (Phi) is 5.83. The molecule has 2 saturated heterocycles. The van der Waals surface area contributed by atoms with E-state index in [0.717, 1.165) is 5.56 Å².